The molecule has 0 atom stereocenters. The van der Waals surface area contributed by atoms with Gasteiger partial charge in [0.05, 0.1) is 12.2 Å². The molecule has 1 aromatic heterocycles. The summed E-state index contributed by atoms with van der Waals surface area (Å²) in [5.74, 6) is 0.761. The van der Waals surface area contributed by atoms with Crippen molar-refractivity contribution in [2.24, 2.45) is 0 Å². The van der Waals surface area contributed by atoms with Crippen molar-refractivity contribution in [1.82, 2.24) is 10.5 Å². The minimum Gasteiger partial charge on any atom is -0.490 e. The van der Waals surface area contributed by atoms with E-state index in [9.17, 15) is 4.79 Å². The number of rotatable bonds is 7. The highest BCUT2D eigenvalue weighted by Gasteiger charge is 2.11. The van der Waals surface area contributed by atoms with Crippen LogP contribution in [0.15, 0.2) is 34.9 Å². The quantitative estimate of drug-likeness (QED) is 0.587. The van der Waals surface area contributed by atoms with Gasteiger partial charge >= 0.3 is 0 Å². The monoisotopic (exact) mass is 291 g/mol. The molecule has 0 aliphatic rings. The molecule has 0 radical (unpaired) electrons. The van der Waals surface area contributed by atoms with Gasteiger partial charge in [0.15, 0.2) is 11.5 Å². The first-order valence-electron chi connectivity index (χ1n) is 6.40. The zero-order valence-electron chi connectivity index (χ0n) is 11.7. The lowest BCUT2D eigenvalue weighted by atomic mass is 10.3. The van der Waals surface area contributed by atoms with Crippen molar-refractivity contribution in [2.75, 3.05) is 26.0 Å². The molecular weight excluding hydrogens is 274 g/mol. The number of benzene rings is 1. The number of hydrogen-bond donors (Lipinski definition) is 2. The fraction of sp³-hybridized carbons (Fsp3) is 0.286. The van der Waals surface area contributed by atoms with E-state index >= 15 is 0 Å². The standard InChI is InChI=1S/C14H17N3O4/c1-19-9-10-8-12(17-21-10)14(18)16-6-7-20-13-5-3-2-4-11(13)15/h2-5,8H,6-7,9,15H2,1H3,(H,16,18). The van der Waals surface area contributed by atoms with Crippen molar-refractivity contribution in [1.29, 1.82) is 0 Å². The maximum atomic E-state index is 11.8. The number of nitrogens with one attached hydrogen (secondary N) is 1. The van der Waals surface area contributed by atoms with Crippen molar-refractivity contribution in [3.8, 4) is 5.75 Å². The Balaban J connectivity index is 1.75. The number of anilines is 1. The number of aromatic nitrogens is 1. The van der Waals surface area contributed by atoms with Gasteiger partial charge < -0.3 is 25.0 Å². The first kappa shape index (κ1) is 14.9. The molecule has 0 fully saturated rings. The minimum absolute atomic E-state index is 0.210. The Kier molecular flexibility index (Phi) is 5.16. The summed E-state index contributed by atoms with van der Waals surface area (Å²) in [4.78, 5) is 11.8. The number of nitrogens with zero attached hydrogens (tertiary/aromatic N) is 1. The number of carbonyl (C=O) groups excluding carboxylic acids is 1. The lowest BCUT2D eigenvalue weighted by molar-refractivity contribution is 0.0937. The highest BCUT2D eigenvalue weighted by atomic mass is 16.5. The summed E-state index contributed by atoms with van der Waals surface area (Å²) in [6, 6.07) is 8.71. The summed E-state index contributed by atoms with van der Waals surface area (Å²) in [6.07, 6.45) is 0. The minimum atomic E-state index is -0.328. The molecule has 21 heavy (non-hydrogen) atoms. The van der Waals surface area contributed by atoms with Gasteiger partial charge in [0.25, 0.3) is 5.91 Å². The van der Waals surface area contributed by atoms with Gasteiger partial charge in [0.2, 0.25) is 0 Å². The molecule has 2 rings (SSSR count). The van der Waals surface area contributed by atoms with E-state index in [1.807, 2.05) is 12.1 Å². The molecule has 1 aromatic carbocycles. The van der Waals surface area contributed by atoms with E-state index in [1.165, 1.54) is 13.2 Å². The first-order valence-corrected chi connectivity index (χ1v) is 6.40. The normalized spacial score (nSPS) is 10.3. The van der Waals surface area contributed by atoms with Crippen LogP contribution < -0.4 is 15.8 Å². The van der Waals surface area contributed by atoms with Gasteiger partial charge in [0.1, 0.15) is 19.0 Å². The van der Waals surface area contributed by atoms with E-state index < -0.39 is 0 Å². The third-order valence-electron chi connectivity index (χ3n) is 2.64. The number of nitrogens with two attached hydrogens (primary N) is 1. The smallest absolute Gasteiger partial charge is 0.273 e. The molecule has 0 saturated heterocycles. The number of carbonyl (C=O) groups is 1. The van der Waals surface area contributed by atoms with Crippen LogP contribution in [0.3, 0.4) is 0 Å². The van der Waals surface area contributed by atoms with Gasteiger partial charge in [-0.05, 0) is 12.1 Å². The molecule has 1 heterocycles. The number of nitrogen functional groups attached to an aromatic ring is 1. The van der Waals surface area contributed by atoms with E-state index in [4.69, 9.17) is 19.7 Å². The molecule has 0 aliphatic heterocycles. The Bertz CT molecular complexity index is 597. The highest BCUT2D eigenvalue weighted by Crippen LogP contribution is 2.19. The average molecular weight is 291 g/mol. The summed E-state index contributed by atoms with van der Waals surface area (Å²) < 4.78 is 15.3. The van der Waals surface area contributed by atoms with Crippen molar-refractivity contribution in [3.63, 3.8) is 0 Å². The van der Waals surface area contributed by atoms with Crippen molar-refractivity contribution < 1.29 is 18.8 Å². The van der Waals surface area contributed by atoms with E-state index in [0.717, 1.165) is 0 Å². The van der Waals surface area contributed by atoms with Crippen LogP contribution in [0.1, 0.15) is 16.2 Å². The lowest BCUT2D eigenvalue weighted by Gasteiger charge is -2.08. The van der Waals surface area contributed by atoms with Crippen LogP contribution >= 0.6 is 0 Å². The highest BCUT2D eigenvalue weighted by molar-refractivity contribution is 5.92. The summed E-state index contributed by atoms with van der Waals surface area (Å²) >= 11 is 0. The van der Waals surface area contributed by atoms with Crippen LogP contribution in [0.5, 0.6) is 5.75 Å². The molecule has 1 amide bonds. The third kappa shape index (κ3) is 4.22. The fourth-order valence-corrected chi connectivity index (χ4v) is 1.66. The largest absolute Gasteiger partial charge is 0.490 e. The Hall–Kier alpha value is -2.54. The maximum absolute atomic E-state index is 11.8. The Labute approximate surface area is 122 Å². The SMILES string of the molecule is COCc1cc(C(=O)NCCOc2ccccc2N)no1. The maximum Gasteiger partial charge on any atom is 0.273 e. The fourth-order valence-electron chi connectivity index (χ4n) is 1.66. The van der Waals surface area contributed by atoms with Crippen LogP contribution in [-0.2, 0) is 11.3 Å². The van der Waals surface area contributed by atoms with Gasteiger partial charge in [-0.25, -0.2) is 0 Å². The zero-order chi connectivity index (χ0) is 15.1. The van der Waals surface area contributed by atoms with Gasteiger partial charge in [-0.2, -0.15) is 0 Å². The molecule has 0 aliphatic carbocycles. The molecule has 3 N–H and O–H groups in total. The van der Waals surface area contributed by atoms with E-state index in [0.29, 0.717) is 30.3 Å². The summed E-state index contributed by atoms with van der Waals surface area (Å²) in [7, 11) is 1.54. The molecule has 7 nitrogen and oxygen atoms in total. The number of para-hydroxylation sites is 2. The number of methoxy groups -OCH3 is 1. The molecular formula is C14H17N3O4. The third-order valence-corrected chi connectivity index (χ3v) is 2.64. The van der Waals surface area contributed by atoms with Crippen LogP contribution in [0, 0.1) is 0 Å². The van der Waals surface area contributed by atoms with Gasteiger partial charge in [-0.1, -0.05) is 17.3 Å². The van der Waals surface area contributed by atoms with Gasteiger partial charge in [0, 0.05) is 13.2 Å². The second-order valence-electron chi connectivity index (χ2n) is 4.25. The average Bonchev–Trinajstić information content (AvgIpc) is 2.94. The zero-order valence-corrected chi connectivity index (χ0v) is 11.7. The molecule has 112 valence electrons. The second-order valence-corrected chi connectivity index (χ2v) is 4.25. The summed E-state index contributed by atoms with van der Waals surface area (Å²) in [5.41, 5.74) is 6.51. The molecule has 0 unspecified atom stereocenters. The van der Waals surface area contributed by atoms with Gasteiger partial charge in [-0.3, -0.25) is 4.79 Å². The number of amides is 1. The van der Waals surface area contributed by atoms with E-state index in [1.54, 1.807) is 12.1 Å². The lowest BCUT2D eigenvalue weighted by Crippen LogP contribution is -2.28. The Morgan fingerprint density at radius 1 is 1.43 bits per heavy atom. The number of ether oxygens (including phenoxy) is 2. The van der Waals surface area contributed by atoms with E-state index in [-0.39, 0.29) is 18.2 Å². The molecule has 0 bridgehead atoms. The van der Waals surface area contributed by atoms with Crippen LogP contribution in [0.25, 0.3) is 0 Å². The molecule has 0 saturated carbocycles. The molecule has 0 spiro atoms. The predicted molar refractivity (Wildman–Crippen MR) is 75.9 cm³/mol. The van der Waals surface area contributed by atoms with Crippen LogP contribution in [0.2, 0.25) is 0 Å². The van der Waals surface area contributed by atoms with Crippen molar-refractivity contribution >= 4 is 11.6 Å². The number of hydrogen-bond acceptors (Lipinski definition) is 6. The Morgan fingerprint density at radius 3 is 3.00 bits per heavy atom. The van der Waals surface area contributed by atoms with Crippen LogP contribution in [0.4, 0.5) is 5.69 Å². The van der Waals surface area contributed by atoms with Crippen LogP contribution in [-0.4, -0.2) is 31.3 Å². The summed E-state index contributed by atoms with van der Waals surface area (Å²) in [6.45, 7) is 0.916. The van der Waals surface area contributed by atoms with E-state index in [2.05, 4.69) is 10.5 Å². The van der Waals surface area contributed by atoms with Gasteiger partial charge in [-0.15, -0.1) is 0 Å². The first-order chi connectivity index (χ1) is 10.2. The van der Waals surface area contributed by atoms with Crippen molar-refractivity contribution in [2.45, 2.75) is 6.61 Å². The molecule has 7 heteroatoms. The van der Waals surface area contributed by atoms with Crippen molar-refractivity contribution in [3.05, 3.63) is 41.8 Å². The summed E-state index contributed by atoms with van der Waals surface area (Å²) in [5, 5.41) is 6.33. The predicted octanol–water partition coefficient (Wildman–Crippen LogP) is 1.21. The topological polar surface area (TPSA) is 99.6 Å². The Morgan fingerprint density at radius 2 is 2.24 bits per heavy atom. The second kappa shape index (κ2) is 7.30. The molecule has 2 aromatic rings.